The maximum Gasteiger partial charge on any atom is 0.155 e. The molecule has 112 valence electrons. The van der Waals surface area contributed by atoms with Gasteiger partial charge in [0.25, 0.3) is 0 Å². The number of aldehydes is 1. The van der Waals surface area contributed by atoms with Gasteiger partial charge in [0.15, 0.2) is 6.29 Å². The Hall–Kier alpha value is -1.32. The number of carbonyl (C=O) groups excluding carboxylic acids is 1. The predicted octanol–water partition coefficient (Wildman–Crippen LogP) is 3.19. The van der Waals surface area contributed by atoms with Crippen LogP contribution >= 0.6 is 0 Å². The van der Waals surface area contributed by atoms with Gasteiger partial charge in [-0.15, -0.1) is 0 Å². The van der Waals surface area contributed by atoms with Gasteiger partial charge in [0.1, 0.15) is 5.82 Å². The van der Waals surface area contributed by atoms with Gasteiger partial charge in [0.05, 0.1) is 11.3 Å². The van der Waals surface area contributed by atoms with Gasteiger partial charge in [-0.25, -0.2) is 0 Å². The zero-order chi connectivity index (χ0) is 14.9. The zero-order valence-electron chi connectivity index (χ0n) is 13.4. The summed E-state index contributed by atoms with van der Waals surface area (Å²) in [6.45, 7) is 10.9. The zero-order valence-corrected chi connectivity index (χ0v) is 13.4. The van der Waals surface area contributed by atoms with E-state index in [1.165, 1.54) is 19.3 Å². The molecule has 0 saturated carbocycles. The van der Waals surface area contributed by atoms with E-state index in [-0.39, 0.29) is 0 Å². The van der Waals surface area contributed by atoms with Gasteiger partial charge >= 0.3 is 0 Å². The standard InChI is InChI=1S/C16H27N3O/c1-12-14(11-20)15(18(5)17-12)19-9-6-7-13(8-10-19)16(2,3)4/h11,13H,6-10H2,1-5H3. The quantitative estimate of drug-likeness (QED) is 0.779. The molecule has 0 spiro atoms. The van der Waals surface area contributed by atoms with Gasteiger partial charge in [-0.2, -0.15) is 5.10 Å². The lowest BCUT2D eigenvalue weighted by atomic mass is 9.77. The molecule has 0 N–H and O–H groups in total. The predicted molar refractivity (Wildman–Crippen MR) is 82.3 cm³/mol. The summed E-state index contributed by atoms with van der Waals surface area (Å²) in [6, 6.07) is 0. The highest BCUT2D eigenvalue weighted by molar-refractivity contribution is 5.84. The second-order valence-corrected chi connectivity index (χ2v) is 7.05. The Morgan fingerprint density at radius 1 is 1.25 bits per heavy atom. The summed E-state index contributed by atoms with van der Waals surface area (Å²) in [4.78, 5) is 13.7. The van der Waals surface area contributed by atoms with Crippen LogP contribution in [0, 0.1) is 18.3 Å². The lowest BCUT2D eigenvalue weighted by molar-refractivity contribution is 0.112. The molecule has 2 rings (SSSR count). The summed E-state index contributed by atoms with van der Waals surface area (Å²) in [5, 5.41) is 4.40. The van der Waals surface area contributed by atoms with Crippen molar-refractivity contribution in [3.8, 4) is 0 Å². The molecule has 20 heavy (non-hydrogen) atoms. The average Bonchev–Trinajstić information content (AvgIpc) is 2.55. The van der Waals surface area contributed by atoms with Gasteiger partial charge in [0.2, 0.25) is 0 Å². The van der Waals surface area contributed by atoms with Crippen LogP contribution in [-0.2, 0) is 7.05 Å². The molecular formula is C16H27N3O. The highest BCUT2D eigenvalue weighted by atomic mass is 16.1. The van der Waals surface area contributed by atoms with Crippen LogP contribution in [-0.4, -0.2) is 29.2 Å². The number of nitrogens with zero attached hydrogens (tertiary/aromatic N) is 3. The van der Waals surface area contributed by atoms with Gasteiger partial charge in [0, 0.05) is 20.1 Å². The monoisotopic (exact) mass is 277 g/mol. The third-order valence-electron chi connectivity index (χ3n) is 4.61. The van der Waals surface area contributed by atoms with E-state index in [1.54, 1.807) is 0 Å². The van der Waals surface area contributed by atoms with Crippen LogP contribution in [0.4, 0.5) is 5.82 Å². The number of aryl methyl sites for hydroxylation is 2. The number of aromatic nitrogens is 2. The van der Waals surface area contributed by atoms with Gasteiger partial charge in [-0.05, 0) is 37.5 Å². The molecule has 1 atom stereocenters. The normalized spacial score (nSPS) is 20.9. The van der Waals surface area contributed by atoms with Crippen molar-refractivity contribution in [1.82, 2.24) is 9.78 Å². The third-order valence-corrected chi connectivity index (χ3v) is 4.61. The number of hydrogen-bond donors (Lipinski definition) is 0. The Bertz CT molecular complexity index is 485. The maximum atomic E-state index is 11.3. The van der Waals surface area contributed by atoms with Crippen LogP contribution in [0.2, 0.25) is 0 Å². The summed E-state index contributed by atoms with van der Waals surface area (Å²) in [7, 11) is 1.93. The molecule has 1 aromatic heterocycles. The summed E-state index contributed by atoms with van der Waals surface area (Å²) in [5.41, 5.74) is 1.95. The first-order valence-electron chi connectivity index (χ1n) is 7.58. The number of hydrogen-bond acceptors (Lipinski definition) is 3. The number of rotatable bonds is 2. The Morgan fingerprint density at radius 2 is 1.95 bits per heavy atom. The maximum absolute atomic E-state index is 11.3. The summed E-state index contributed by atoms with van der Waals surface area (Å²) in [5.74, 6) is 1.74. The van der Waals surface area contributed by atoms with E-state index in [9.17, 15) is 4.79 Å². The molecule has 1 fully saturated rings. The van der Waals surface area contributed by atoms with Gasteiger partial charge in [-0.1, -0.05) is 20.8 Å². The molecule has 0 aliphatic carbocycles. The summed E-state index contributed by atoms with van der Waals surface area (Å²) in [6.07, 6.45) is 4.59. The van der Waals surface area contributed by atoms with E-state index in [0.717, 1.165) is 42.4 Å². The molecule has 1 aliphatic rings. The van der Waals surface area contributed by atoms with Gasteiger partial charge < -0.3 is 4.90 Å². The van der Waals surface area contributed by atoms with Crippen molar-refractivity contribution < 1.29 is 4.79 Å². The molecule has 1 aliphatic heterocycles. The Morgan fingerprint density at radius 3 is 2.55 bits per heavy atom. The Kier molecular flexibility index (Phi) is 4.21. The van der Waals surface area contributed by atoms with Crippen molar-refractivity contribution in [3.63, 3.8) is 0 Å². The first-order valence-corrected chi connectivity index (χ1v) is 7.58. The largest absolute Gasteiger partial charge is 0.356 e. The highest BCUT2D eigenvalue weighted by Gasteiger charge is 2.28. The fourth-order valence-corrected chi connectivity index (χ4v) is 3.35. The highest BCUT2D eigenvalue weighted by Crippen LogP contribution is 2.35. The topological polar surface area (TPSA) is 38.1 Å². The van der Waals surface area contributed by atoms with Crippen molar-refractivity contribution in [3.05, 3.63) is 11.3 Å². The molecule has 1 aromatic rings. The molecule has 0 aromatic carbocycles. The van der Waals surface area contributed by atoms with Crippen LogP contribution in [0.25, 0.3) is 0 Å². The molecule has 4 nitrogen and oxygen atoms in total. The molecule has 1 saturated heterocycles. The summed E-state index contributed by atoms with van der Waals surface area (Å²) < 4.78 is 1.86. The van der Waals surface area contributed by atoms with E-state index >= 15 is 0 Å². The molecule has 4 heteroatoms. The Labute approximate surface area is 122 Å². The van der Waals surface area contributed by atoms with Crippen molar-refractivity contribution in [2.24, 2.45) is 18.4 Å². The third kappa shape index (κ3) is 2.89. The second-order valence-electron chi connectivity index (χ2n) is 7.05. The van der Waals surface area contributed by atoms with Crippen LogP contribution in [0.3, 0.4) is 0 Å². The van der Waals surface area contributed by atoms with E-state index in [2.05, 4.69) is 30.8 Å². The number of carbonyl (C=O) groups is 1. The van der Waals surface area contributed by atoms with E-state index < -0.39 is 0 Å². The minimum Gasteiger partial charge on any atom is -0.356 e. The second kappa shape index (κ2) is 5.58. The first kappa shape index (κ1) is 15.1. The fourth-order valence-electron chi connectivity index (χ4n) is 3.35. The average molecular weight is 277 g/mol. The molecule has 0 bridgehead atoms. The minimum atomic E-state index is 0.367. The van der Waals surface area contributed by atoms with Crippen molar-refractivity contribution in [2.45, 2.75) is 47.0 Å². The minimum absolute atomic E-state index is 0.367. The van der Waals surface area contributed by atoms with Crippen LogP contribution in [0.1, 0.15) is 56.1 Å². The summed E-state index contributed by atoms with van der Waals surface area (Å²) >= 11 is 0. The van der Waals surface area contributed by atoms with E-state index in [4.69, 9.17) is 0 Å². The van der Waals surface area contributed by atoms with Crippen LogP contribution in [0.5, 0.6) is 0 Å². The van der Waals surface area contributed by atoms with Crippen LogP contribution < -0.4 is 4.90 Å². The molecule has 0 radical (unpaired) electrons. The number of anilines is 1. The molecule has 1 unspecified atom stereocenters. The molecular weight excluding hydrogens is 250 g/mol. The van der Waals surface area contributed by atoms with E-state index in [0.29, 0.717) is 5.41 Å². The van der Waals surface area contributed by atoms with Crippen molar-refractivity contribution in [2.75, 3.05) is 18.0 Å². The smallest absolute Gasteiger partial charge is 0.155 e. The Balaban J connectivity index is 2.21. The molecule has 0 amide bonds. The lowest BCUT2D eigenvalue weighted by Crippen LogP contribution is -2.28. The lowest BCUT2D eigenvalue weighted by Gasteiger charge is -2.30. The van der Waals surface area contributed by atoms with Crippen molar-refractivity contribution >= 4 is 12.1 Å². The van der Waals surface area contributed by atoms with Crippen LogP contribution in [0.15, 0.2) is 0 Å². The van der Waals surface area contributed by atoms with Gasteiger partial charge in [-0.3, -0.25) is 9.48 Å². The SMILES string of the molecule is Cc1nn(C)c(N2CCCC(C(C)(C)C)CC2)c1C=O. The fraction of sp³-hybridized carbons (Fsp3) is 0.750. The first-order chi connectivity index (χ1) is 9.34. The van der Waals surface area contributed by atoms with E-state index in [1.807, 2.05) is 18.7 Å². The molecule has 2 heterocycles. The van der Waals surface area contributed by atoms with Crippen molar-refractivity contribution in [1.29, 1.82) is 0 Å².